The zero-order valence-corrected chi connectivity index (χ0v) is 17.9. The number of phenolic OH excluding ortho intramolecular Hbond substituents is 1. The second-order valence-electron chi connectivity index (χ2n) is 7.99. The van der Waals surface area contributed by atoms with E-state index in [4.69, 9.17) is 0 Å². The normalized spacial score (nSPS) is 11.4. The molecule has 3 heteroatoms. The number of nitrogens with one attached hydrogen (secondary N) is 1. The minimum absolute atomic E-state index is 0.237. The van der Waals surface area contributed by atoms with Gasteiger partial charge in [-0.3, -0.25) is 4.99 Å². The smallest absolute Gasteiger partial charge is 0.124 e. The predicted molar refractivity (Wildman–Crippen MR) is 135 cm³/mol. The van der Waals surface area contributed by atoms with E-state index < -0.39 is 0 Å². The molecule has 32 heavy (non-hydrogen) atoms. The van der Waals surface area contributed by atoms with Crippen LogP contribution in [0, 0.1) is 6.92 Å². The van der Waals surface area contributed by atoms with Gasteiger partial charge in [0.05, 0.1) is 11.4 Å². The molecule has 2 N–H and O–H groups in total. The second kappa shape index (κ2) is 8.56. The van der Waals surface area contributed by atoms with E-state index in [9.17, 15) is 5.11 Å². The van der Waals surface area contributed by atoms with Crippen molar-refractivity contribution in [3.05, 3.63) is 114 Å². The molecule has 5 aromatic rings. The highest BCUT2D eigenvalue weighted by Crippen LogP contribution is 2.31. The fourth-order valence-electron chi connectivity index (χ4n) is 4.12. The Bertz CT molecular complexity index is 1400. The van der Waals surface area contributed by atoms with E-state index in [0.29, 0.717) is 12.1 Å². The Morgan fingerprint density at radius 3 is 2.16 bits per heavy atom. The molecule has 0 aromatic heterocycles. The third-order valence-electron chi connectivity index (χ3n) is 5.77. The number of hydrogen-bond acceptors (Lipinski definition) is 3. The van der Waals surface area contributed by atoms with Gasteiger partial charge in [-0.2, -0.15) is 0 Å². The van der Waals surface area contributed by atoms with Crippen LogP contribution in [0.2, 0.25) is 0 Å². The standard InChI is InChI=1S/C29H24N2O/c1-20-14-15-23(29(32)16-20)18-30-27-12-6-7-13-28(27)31-19-26-24-10-4-2-8-21(24)17-22-9-3-5-11-25(22)26/h2-18,31-32H,19H2,1H3. The molecule has 0 fully saturated rings. The lowest BCUT2D eigenvalue weighted by atomic mass is 9.96. The summed E-state index contributed by atoms with van der Waals surface area (Å²) < 4.78 is 0. The van der Waals surface area contributed by atoms with Crippen molar-refractivity contribution in [2.75, 3.05) is 5.32 Å². The van der Waals surface area contributed by atoms with Crippen molar-refractivity contribution in [1.29, 1.82) is 0 Å². The first-order chi connectivity index (χ1) is 15.7. The fourth-order valence-corrected chi connectivity index (χ4v) is 4.12. The zero-order chi connectivity index (χ0) is 21.9. The van der Waals surface area contributed by atoms with Crippen LogP contribution in [0.3, 0.4) is 0 Å². The van der Waals surface area contributed by atoms with Gasteiger partial charge in [0.25, 0.3) is 0 Å². The number of nitrogens with zero attached hydrogens (tertiary/aromatic N) is 1. The van der Waals surface area contributed by atoms with Crippen LogP contribution < -0.4 is 5.32 Å². The van der Waals surface area contributed by atoms with Crippen LogP contribution >= 0.6 is 0 Å². The average molecular weight is 417 g/mol. The van der Waals surface area contributed by atoms with Gasteiger partial charge in [-0.15, -0.1) is 0 Å². The van der Waals surface area contributed by atoms with Crippen LogP contribution in [0.25, 0.3) is 21.5 Å². The second-order valence-corrected chi connectivity index (χ2v) is 7.99. The summed E-state index contributed by atoms with van der Waals surface area (Å²) in [5.74, 6) is 0.237. The van der Waals surface area contributed by atoms with Crippen molar-refractivity contribution in [3.63, 3.8) is 0 Å². The van der Waals surface area contributed by atoms with Crippen LogP contribution in [0.15, 0.2) is 102 Å². The van der Waals surface area contributed by atoms with Crippen molar-refractivity contribution >= 4 is 39.1 Å². The van der Waals surface area contributed by atoms with Crippen LogP contribution in [0.1, 0.15) is 16.7 Å². The summed E-state index contributed by atoms with van der Waals surface area (Å²) >= 11 is 0. The highest BCUT2D eigenvalue weighted by molar-refractivity contribution is 6.02. The Labute approximate surface area is 187 Å². The minimum atomic E-state index is 0.237. The van der Waals surface area contributed by atoms with Gasteiger partial charge in [0.15, 0.2) is 0 Å². The summed E-state index contributed by atoms with van der Waals surface area (Å²) in [6, 6.07) is 32.9. The van der Waals surface area contributed by atoms with Crippen molar-refractivity contribution in [1.82, 2.24) is 0 Å². The molecule has 5 aromatic carbocycles. The minimum Gasteiger partial charge on any atom is -0.507 e. The number of aromatic hydroxyl groups is 1. The van der Waals surface area contributed by atoms with Gasteiger partial charge in [0.1, 0.15) is 5.75 Å². The SMILES string of the molecule is Cc1ccc(C=Nc2ccccc2NCc2c3ccccc3cc3ccccc23)c(O)c1. The van der Waals surface area contributed by atoms with Gasteiger partial charge in [-0.25, -0.2) is 0 Å². The first kappa shape index (κ1) is 19.8. The molecule has 0 atom stereocenters. The van der Waals surface area contributed by atoms with Gasteiger partial charge in [-0.1, -0.05) is 66.7 Å². The van der Waals surface area contributed by atoms with Gasteiger partial charge in [0, 0.05) is 18.3 Å². The van der Waals surface area contributed by atoms with E-state index in [2.05, 4.69) is 64.9 Å². The summed E-state index contributed by atoms with van der Waals surface area (Å²) in [6.07, 6.45) is 1.71. The quantitative estimate of drug-likeness (QED) is 0.232. The molecular weight excluding hydrogens is 392 g/mol. The molecule has 0 bridgehead atoms. The molecule has 0 saturated heterocycles. The first-order valence-corrected chi connectivity index (χ1v) is 10.7. The summed E-state index contributed by atoms with van der Waals surface area (Å²) in [5.41, 5.74) is 4.77. The molecule has 0 unspecified atom stereocenters. The van der Waals surface area contributed by atoms with Crippen molar-refractivity contribution in [3.8, 4) is 5.75 Å². The number of anilines is 1. The van der Waals surface area contributed by atoms with E-state index in [1.54, 1.807) is 12.3 Å². The largest absolute Gasteiger partial charge is 0.507 e. The molecule has 0 spiro atoms. The van der Waals surface area contributed by atoms with Crippen LogP contribution in [-0.2, 0) is 6.54 Å². The van der Waals surface area contributed by atoms with Gasteiger partial charge in [-0.05, 0) is 69.9 Å². The molecule has 0 saturated carbocycles. The van der Waals surface area contributed by atoms with Gasteiger partial charge >= 0.3 is 0 Å². The molecular formula is C29H24N2O. The Morgan fingerprint density at radius 1 is 0.781 bits per heavy atom. The maximum atomic E-state index is 10.2. The number of aliphatic imine (C=N–C) groups is 1. The van der Waals surface area contributed by atoms with E-state index in [-0.39, 0.29) is 5.75 Å². The number of hydrogen-bond donors (Lipinski definition) is 2. The first-order valence-electron chi connectivity index (χ1n) is 10.7. The van der Waals surface area contributed by atoms with Crippen molar-refractivity contribution < 1.29 is 5.11 Å². The van der Waals surface area contributed by atoms with Crippen molar-refractivity contribution in [2.24, 2.45) is 4.99 Å². The Morgan fingerprint density at radius 2 is 1.44 bits per heavy atom. The molecule has 156 valence electrons. The number of rotatable bonds is 5. The third-order valence-corrected chi connectivity index (χ3v) is 5.77. The number of fused-ring (bicyclic) bond motifs is 2. The molecule has 3 nitrogen and oxygen atoms in total. The van der Waals surface area contributed by atoms with Crippen LogP contribution in [0.5, 0.6) is 5.75 Å². The van der Waals surface area contributed by atoms with Crippen molar-refractivity contribution in [2.45, 2.75) is 13.5 Å². The average Bonchev–Trinajstić information content (AvgIpc) is 2.82. The number of aryl methyl sites for hydroxylation is 1. The molecule has 0 heterocycles. The Kier molecular flexibility index (Phi) is 5.30. The molecule has 0 radical (unpaired) electrons. The van der Waals surface area contributed by atoms with Gasteiger partial charge in [0.2, 0.25) is 0 Å². The summed E-state index contributed by atoms with van der Waals surface area (Å²) in [7, 11) is 0. The number of para-hydroxylation sites is 2. The van der Waals surface area contributed by atoms with E-state index in [1.165, 1.54) is 27.1 Å². The lowest BCUT2D eigenvalue weighted by Crippen LogP contribution is -2.01. The zero-order valence-electron chi connectivity index (χ0n) is 17.9. The van der Waals surface area contributed by atoms with Crippen LogP contribution in [-0.4, -0.2) is 11.3 Å². The monoisotopic (exact) mass is 416 g/mol. The van der Waals surface area contributed by atoms with E-state index in [0.717, 1.165) is 16.9 Å². The fraction of sp³-hybridized carbons (Fsp3) is 0.0690. The Hall–Kier alpha value is -4.11. The maximum Gasteiger partial charge on any atom is 0.124 e. The van der Waals surface area contributed by atoms with Crippen LogP contribution in [0.4, 0.5) is 11.4 Å². The molecule has 0 amide bonds. The molecule has 0 aliphatic rings. The number of benzene rings is 5. The van der Waals surface area contributed by atoms with Gasteiger partial charge < -0.3 is 10.4 Å². The number of phenols is 1. The summed E-state index contributed by atoms with van der Waals surface area (Å²) in [6.45, 7) is 2.64. The topological polar surface area (TPSA) is 44.6 Å². The predicted octanol–water partition coefficient (Wildman–Crippen LogP) is 7.37. The Balaban J connectivity index is 1.48. The molecule has 0 aliphatic carbocycles. The third kappa shape index (κ3) is 3.93. The highest BCUT2D eigenvalue weighted by Gasteiger charge is 2.08. The highest BCUT2D eigenvalue weighted by atomic mass is 16.3. The lowest BCUT2D eigenvalue weighted by Gasteiger charge is -2.14. The lowest BCUT2D eigenvalue weighted by molar-refractivity contribution is 0.474. The van der Waals surface area contributed by atoms with E-state index in [1.807, 2.05) is 43.3 Å². The summed E-state index contributed by atoms with van der Waals surface area (Å²) in [5, 5.41) is 18.8. The molecule has 0 aliphatic heterocycles. The van der Waals surface area contributed by atoms with E-state index >= 15 is 0 Å². The maximum absolute atomic E-state index is 10.2. The molecule has 5 rings (SSSR count). The summed E-state index contributed by atoms with van der Waals surface area (Å²) in [4.78, 5) is 4.66.